The van der Waals surface area contributed by atoms with Gasteiger partial charge in [-0.15, -0.1) is 0 Å². The van der Waals surface area contributed by atoms with Crippen LogP contribution in [0.5, 0.6) is 0 Å². The van der Waals surface area contributed by atoms with Crippen LogP contribution in [-0.2, 0) is 12.8 Å². The maximum atomic E-state index is 2.50. The van der Waals surface area contributed by atoms with Crippen LogP contribution in [0.25, 0.3) is 0 Å². The molecule has 0 radical (unpaired) electrons. The van der Waals surface area contributed by atoms with Crippen molar-refractivity contribution in [3.05, 3.63) is 58.7 Å². The zero-order valence-corrected chi connectivity index (χ0v) is 17.9. The molecule has 2 aromatic rings. The summed E-state index contributed by atoms with van der Waals surface area (Å²) < 4.78 is 2.48. The summed E-state index contributed by atoms with van der Waals surface area (Å²) in [7, 11) is 0. The van der Waals surface area contributed by atoms with Gasteiger partial charge in [-0.1, -0.05) is 77.9 Å². The van der Waals surface area contributed by atoms with Gasteiger partial charge < -0.3 is 0 Å². The number of para-hydroxylation sites is 2. The van der Waals surface area contributed by atoms with E-state index in [4.69, 9.17) is 0 Å². The van der Waals surface area contributed by atoms with E-state index in [0.717, 1.165) is 25.9 Å². The van der Waals surface area contributed by atoms with Crippen molar-refractivity contribution in [2.45, 2.75) is 66.2 Å². The summed E-state index contributed by atoms with van der Waals surface area (Å²) in [6, 6.07) is 13.6. The molecular weight excluding hydrogens is 328 g/mol. The van der Waals surface area contributed by atoms with Gasteiger partial charge in [-0.3, -0.25) is 0 Å². The fraction of sp³-hybridized carbons (Fsp3) is 0.480. The summed E-state index contributed by atoms with van der Waals surface area (Å²) in [5, 5.41) is 0. The molecular formula is C25H35N2+. The minimum Gasteiger partial charge on any atom is -0.229 e. The van der Waals surface area contributed by atoms with Gasteiger partial charge in [-0.2, -0.15) is 0 Å². The van der Waals surface area contributed by atoms with Crippen molar-refractivity contribution in [1.82, 2.24) is 0 Å². The van der Waals surface area contributed by atoms with Crippen molar-refractivity contribution < 1.29 is 4.58 Å². The van der Waals surface area contributed by atoms with Crippen LogP contribution in [0.4, 0.5) is 11.4 Å². The van der Waals surface area contributed by atoms with Crippen LogP contribution in [0, 0.1) is 0 Å². The van der Waals surface area contributed by atoms with E-state index < -0.39 is 0 Å². The fourth-order valence-corrected chi connectivity index (χ4v) is 4.27. The Morgan fingerprint density at radius 3 is 1.85 bits per heavy atom. The first-order chi connectivity index (χ1) is 13.0. The van der Waals surface area contributed by atoms with Crippen molar-refractivity contribution in [3.8, 4) is 0 Å². The standard InChI is InChI=1S/C25H35N2/c1-7-20-11-9-12-21(8-2)24(20)26-15-16-27(17-26)25-22(18(3)4)13-10-14-23(25)19(5)6/h9-14,17-19H,7-8,15-16H2,1-6H3/q+1. The third kappa shape index (κ3) is 3.81. The first-order valence-corrected chi connectivity index (χ1v) is 10.6. The molecule has 0 saturated carbocycles. The lowest BCUT2D eigenvalue weighted by Crippen LogP contribution is -2.22. The van der Waals surface area contributed by atoms with Crippen LogP contribution in [-0.4, -0.2) is 24.0 Å². The molecule has 0 unspecified atom stereocenters. The van der Waals surface area contributed by atoms with E-state index in [2.05, 4.69) is 93.8 Å². The van der Waals surface area contributed by atoms with Gasteiger partial charge in [-0.25, -0.2) is 9.48 Å². The van der Waals surface area contributed by atoms with E-state index in [1.807, 2.05) is 0 Å². The molecule has 0 N–H and O–H groups in total. The number of hydrogen-bond donors (Lipinski definition) is 0. The predicted molar refractivity (Wildman–Crippen MR) is 118 cm³/mol. The zero-order chi connectivity index (χ0) is 19.6. The number of anilines is 1. The highest BCUT2D eigenvalue weighted by Crippen LogP contribution is 2.36. The quantitative estimate of drug-likeness (QED) is 0.550. The van der Waals surface area contributed by atoms with Crippen molar-refractivity contribution in [1.29, 1.82) is 0 Å². The Morgan fingerprint density at radius 1 is 0.852 bits per heavy atom. The molecule has 0 atom stereocenters. The third-order valence-electron chi connectivity index (χ3n) is 5.74. The first kappa shape index (κ1) is 19.7. The Kier molecular flexibility index (Phi) is 6.04. The molecule has 0 spiro atoms. The molecule has 0 aliphatic carbocycles. The topological polar surface area (TPSA) is 6.25 Å². The summed E-state index contributed by atoms with van der Waals surface area (Å²) in [5.41, 5.74) is 8.68. The van der Waals surface area contributed by atoms with E-state index in [1.165, 1.54) is 33.6 Å². The largest absolute Gasteiger partial charge is 0.244 e. The van der Waals surface area contributed by atoms with E-state index in [1.54, 1.807) is 0 Å². The number of benzene rings is 2. The molecule has 144 valence electrons. The van der Waals surface area contributed by atoms with Crippen molar-refractivity contribution in [2.75, 3.05) is 18.0 Å². The summed E-state index contributed by atoms with van der Waals surface area (Å²) in [6.45, 7) is 15.8. The summed E-state index contributed by atoms with van der Waals surface area (Å²) in [6.07, 6.45) is 4.52. The van der Waals surface area contributed by atoms with Crippen LogP contribution in [0.1, 0.15) is 75.6 Å². The highest BCUT2D eigenvalue weighted by atomic mass is 15.3. The Hall–Kier alpha value is -2.09. The van der Waals surface area contributed by atoms with Crippen LogP contribution in [0.15, 0.2) is 36.4 Å². The second-order valence-corrected chi connectivity index (χ2v) is 8.23. The SMILES string of the molecule is CCc1cccc(CC)c1[N+]1=CN(c2c(C(C)C)cccc2C(C)C)CC1. The molecule has 3 rings (SSSR count). The molecule has 1 aliphatic rings. The molecule has 27 heavy (non-hydrogen) atoms. The van der Waals surface area contributed by atoms with Gasteiger partial charge in [-0.05, 0) is 35.8 Å². The third-order valence-corrected chi connectivity index (χ3v) is 5.74. The van der Waals surface area contributed by atoms with E-state index in [9.17, 15) is 0 Å². The molecule has 0 fully saturated rings. The molecule has 0 amide bonds. The maximum Gasteiger partial charge on any atom is 0.244 e. The summed E-state index contributed by atoms with van der Waals surface area (Å²) >= 11 is 0. The number of aryl methyl sites for hydroxylation is 2. The monoisotopic (exact) mass is 363 g/mol. The highest BCUT2D eigenvalue weighted by Gasteiger charge is 2.30. The number of rotatable bonds is 6. The van der Waals surface area contributed by atoms with Gasteiger partial charge in [0.05, 0.1) is 0 Å². The minimum atomic E-state index is 0.523. The Labute approximate surface area is 165 Å². The zero-order valence-electron chi connectivity index (χ0n) is 17.9. The smallest absolute Gasteiger partial charge is 0.229 e. The molecule has 1 aliphatic heterocycles. The second-order valence-electron chi connectivity index (χ2n) is 8.23. The van der Waals surface area contributed by atoms with Crippen LogP contribution < -0.4 is 4.90 Å². The summed E-state index contributed by atoms with van der Waals surface area (Å²) in [4.78, 5) is 2.50. The van der Waals surface area contributed by atoms with Gasteiger partial charge in [0.25, 0.3) is 0 Å². The predicted octanol–water partition coefficient (Wildman–Crippen LogP) is 6.25. The molecule has 0 aromatic heterocycles. The Bertz CT molecular complexity index is 782. The lowest BCUT2D eigenvalue weighted by atomic mass is 9.92. The van der Waals surface area contributed by atoms with Gasteiger partial charge >= 0.3 is 0 Å². The lowest BCUT2D eigenvalue weighted by molar-refractivity contribution is -0.425. The van der Waals surface area contributed by atoms with Gasteiger partial charge in [0.2, 0.25) is 6.34 Å². The van der Waals surface area contributed by atoms with Crippen LogP contribution >= 0.6 is 0 Å². The maximum absolute atomic E-state index is 2.50. The minimum absolute atomic E-state index is 0.523. The van der Waals surface area contributed by atoms with Crippen LogP contribution in [0.2, 0.25) is 0 Å². The van der Waals surface area contributed by atoms with Gasteiger partial charge in [0, 0.05) is 11.1 Å². The fourth-order valence-electron chi connectivity index (χ4n) is 4.27. The van der Waals surface area contributed by atoms with Gasteiger partial charge in [0.15, 0.2) is 0 Å². The molecule has 2 nitrogen and oxygen atoms in total. The normalized spacial score (nSPS) is 14.4. The van der Waals surface area contributed by atoms with Gasteiger partial charge in [0.1, 0.15) is 24.5 Å². The average molecular weight is 364 g/mol. The highest BCUT2D eigenvalue weighted by molar-refractivity contribution is 5.82. The second kappa shape index (κ2) is 8.29. The molecule has 1 heterocycles. The first-order valence-electron chi connectivity index (χ1n) is 10.6. The van der Waals surface area contributed by atoms with E-state index >= 15 is 0 Å². The van der Waals surface area contributed by atoms with E-state index in [-0.39, 0.29) is 0 Å². The van der Waals surface area contributed by atoms with Crippen molar-refractivity contribution in [3.63, 3.8) is 0 Å². The van der Waals surface area contributed by atoms with Crippen molar-refractivity contribution >= 4 is 17.7 Å². The molecule has 0 bridgehead atoms. The van der Waals surface area contributed by atoms with Crippen LogP contribution in [0.3, 0.4) is 0 Å². The number of hydrogen-bond acceptors (Lipinski definition) is 1. The average Bonchev–Trinajstić information content (AvgIpc) is 3.15. The molecule has 2 heteroatoms. The summed E-state index contributed by atoms with van der Waals surface area (Å²) in [5.74, 6) is 1.05. The van der Waals surface area contributed by atoms with Crippen molar-refractivity contribution in [2.24, 2.45) is 0 Å². The number of nitrogens with zero attached hydrogens (tertiary/aromatic N) is 2. The Balaban J connectivity index is 2.10. The molecule has 0 saturated heterocycles. The lowest BCUT2D eigenvalue weighted by Gasteiger charge is -2.20. The molecule has 2 aromatic carbocycles. The van der Waals surface area contributed by atoms with E-state index in [0.29, 0.717) is 11.8 Å². The Morgan fingerprint density at radius 2 is 1.37 bits per heavy atom.